The maximum Gasteiger partial charge on any atom is 0.435 e. The predicted octanol–water partition coefficient (Wildman–Crippen LogP) is 4.91. The number of para-hydroxylation sites is 2. The van der Waals surface area contributed by atoms with Crippen molar-refractivity contribution in [2.24, 2.45) is 0 Å². The predicted molar refractivity (Wildman–Crippen MR) is 106 cm³/mol. The van der Waals surface area contributed by atoms with Crippen molar-refractivity contribution in [3.8, 4) is 11.6 Å². The standard InChI is InChI=1S/C19H12Cl2F3N3O4/c20-11-5-1-2-7-13(11)27-16(8-14(26-27)19(22,23)24)31-9-15(28)25-17-10(18(29)30)4-3-6-12(17)21/h1-8H,9H2,(H,25,28)(H,29,30). The number of carboxylic acids is 1. The van der Waals surface area contributed by atoms with Gasteiger partial charge in [0.25, 0.3) is 5.91 Å². The van der Waals surface area contributed by atoms with Crippen LogP contribution in [0, 0.1) is 0 Å². The molecule has 7 nitrogen and oxygen atoms in total. The van der Waals surface area contributed by atoms with E-state index in [0.717, 1.165) is 4.68 Å². The fraction of sp³-hybridized carbons (Fsp3) is 0.105. The number of nitrogens with zero attached hydrogens (tertiary/aromatic N) is 2. The van der Waals surface area contributed by atoms with E-state index in [1.165, 1.54) is 36.4 Å². The monoisotopic (exact) mass is 473 g/mol. The zero-order chi connectivity index (χ0) is 22.8. The lowest BCUT2D eigenvalue weighted by atomic mass is 10.2. The van der Waals surface area contributed by atoms with Crippen molar-refractivity contribution in [3.05, 3.63) is 69.8 Å². The SMILES string of the molecule is O=C(COc1cc(C(F)(F)F)nn1-c1ccccc1Cl)Nc1c(Cl)cccc1C(=O)O. The second-order valence-electron chi connectivity index (χ2n) is 6.03. The topological polar surface area (TPSA) is 93.5 Å². The van der Waals surface area contributed by atoms with Crippen molar-refractivity contribution in [1.29, 1.82) is 0 Å². The van der Waals surface area contributed by atoms with E-state index in [9.17, 15) is 27.9 Å². The van der Waals surface area contributed by atoms with Gasteiger partial charge in [0, 0.05) is 6.07 Å². The van der Waals surface area contributed by atoms with Crippen molar-refractivity contribution in [1.82, 2.24) is 9.78 Å². The molecular formula is C19H12Cl2F3N3O4. The number of ether oxygens (including phenoxy) is 1. The van der Waals surface area contributed by atoms with Gasteiger partial charge >= 0.3 is 12.1 Å². The molecule has 0 aliphatic rings. The van der Waals surface area contributed by atoms with Gasteiger partial charge in [0.15, 0.2) is 12.3 Å². The number of anilines is 1. The quantitative estimate of drug-likeness (QED) is 0.530. The summed E-state index contributed by atoms with van der Waals surface area (Å²) >= 11 is 12.0. The number of hydrogen-bond acceptors (Lipinski definition) is 4. The second-order valence-corrected chi connectivity index (χ2v) is 6.85. The third kappa shape index (κ3) is 5.09. The average molecular weight is 474 g/mol. The highest BCUT2D eigenvalue weighted by molar-refractivity contribution is 6.34. The minimum atomic E-state index is -4.76. The van der Waals surface area contributed by atoms with Crippen LogP contribution in [0.15, 0.2) is 48.5 Å². The molecule has 0 unspecified atom stereocenters. The fourth-order valence-corrected chi connectivity index (χ4v) is 2.98. The van der Waals surface area contributed by atoms with E-state index >= 15 is 0 Å². The van der Waals surface area contributed by atoms with Gasteiger partial charge in [-0.3, -0.25) is 4.79 Å². The van der Waals surface area contributed by atoms with Crippen LogP contribution in [0.1, 0.15) is 16.1 Å². The van der Waals surface area contributed by atoms with E-state index < -0.39 is 36.2 Å². The number of aromatic carboxylic acids is 1. The number of aromatic nitrogens is 2. The normalized spacial score (nSPS) is 11.3. The molecule has 0 aliphatic heterocycles. The largest absolute Gasteiger partial charge is 0.478 e. The van der Waals surface area contributed by atoms with Crippen LogP contribution in [0.4, 0.5) is 18.9 Å². The molecule has 2 aromatic carbocycles. The van der Waals surface area contributed by atoms with Crippen LogP contribution in [0.5, 0.6) is 5.88 Å². The van der Waals surface area contributed by atoms with Gasteiger partial charge < -0.3 is 15.2 Å². The minimum absolute atomic E-state index is 0.0336. The zero-order valence-electron chi connectivity index (χ0n) is 15.3. The van der Waals surface area contributed by atoms with E-state index in [0.29, 0.717) is 6.07 Å². The van der Waals surface area contributed by atoms with Crippen molar-refractivity contribution >= 4 is 40.8 Å². The number of halogens is 5. The Kier molecular flexibility index (Phi) is 6.42. The fourth-order valence-electron chi connectivity index (χ4n) is 2.55. The summed E-state index contributed by atoms with van der Waals surface area (Å²) in [5, 5.41) is 15.0. The number of carboxylic acid groups (broad SMARTS) is 1. The molecule has 31 heavy (non-hydrogen) atoms. The summed E-state index contributed by atoms with van der Waals surface area (Å²) < 4.78 is 45.5. The number of carbonyl (C=O) groups excluding carboxylic acids is 1. The zero-order valence-corrected chi connectivity index (χ0v) is 16.8. The maximum absolute atomic E-state index is 13.1. The Bertz CT molecular complexity index is 1150. The Morgan fingerprint density at radius 1 is 1.10 bits per heavy atom. The van der Waals surface area contributed by atoms with Crippen molar-refractivity contribution < 1.29 is 32.6 Å². The van der Waals surface area contributed by atoms with Crippen LogP contribution in [-0.2, 0) is 11.0 Å². The summed E-state index contributed by atoms with van der Waals surface area (Å²) in [7, 11) is 0. The molecule has 1 heterocycles. The summed E-state index contributed by atoms with van der Waals surface area (Å²) in [6.45, 7) is -0.752. The molecule has 0 bridgehead atoms. The van der Waals surface area contributed by atoms with Gasteiger partial charge in [-0.05, 0) is 24.3 Å². The number of hydrogen-bond donors (Lipinski definition) is 2. The molecule has 1 amide bonds. The third-order valence-electron chi connectivity index (χ3n) is 3.91. The number of carbonyl (C=O) groups is 2. The lowest BCUT2D eigenvalue weighted by molar-refractivity contribution is -0.141. The first-order valence-corrected chi connectivity index (χ1v) is 9.20. The van der Waals surface area contributed by atoms with E-state index in [1.54, 1.807) is 6.07 Å². The molecule has 1 aromatic heterocycles. The summed E-state index contributed by atoms with van der Waals surface area (Å²) in [4.78, 5) is 23.6. The van der Waals surface area contributed by atoms with E-state index in [4.69, 9.17) is 27.9 Å². The Balaban J connectivity index is 1.85. The van der Waals surface area contributed by atoms with Gasteiger partial charge in [-0.15, -0.1) is 0 Å². The summed E-state index contributed by atoms with van der Waals surface area (Å²) in [6.07, 6.45) is -4.76. The first-order chi connectivity index (χ1) is 14.6. The molecule has 0 aliphatic carbocycles. The molecule has 2 N–H and O–H groups in total. The molecule has 0 radical (unpaired) electrons. The average Bonchev–Trinajstić information content (AvgIpc) is 3.12. The van der Waals surface area contributed by atoms with Crippen LogP contribution in [0.25, 0.3) is 5.69 Å². The van der Waals surface area contributed by atoms with Gasteiger partial charge in [0.05, 0.1) is 27.0 Å². The van der Waals surface area contributed by atoms with Crippen LogP contribution >= 0.6 is 23.2 Å². The van der Waals surface area contributed by atoms with E-state index in [1.807, 2.05) is 0 Å². The van der Waals surface area contributed by atoms with Crippen LogP contribution in [0.3, 0.4) is 0 Å². The molecule has 0 spiro atoms. The molecule has 0 saturated heterocycles. The van der Waals surface area contributed by atoms with Crippen molar-refractivity contribution in [2.45, 2.75) is 6.18 Å². The Hall–Kier alpha value is -3.24. The molecular weight excluding hydrogens is 462 g/mol. The van der Waals surface area contributed by atoms with Crippen LogP contribution < -0.4 is 10.1 Å². The molecule has 3 aromatic rings. The lowest BCUT2D eigenvalue weighted by Gasteiger charge is -2.12. The molecule has 0 atom stereocenters. The summed E-state index contributed by atoms with van der Waals surface area (Å²) in [5.74, 6) is -2.57. The highest BCUT2D eigenvalue weighted by atomic mass is 35.5. The number of nitrogens with one attached hydrogen (secondary N) is 1. The molecule has 3 rings (SSSR count). The van der Waals surface area contributed by atoms with Crippen molar-refractivity contribution in [2.75, 3.05) is 11.9 Å². The minimum Gasteiger partial charge on any atom is -0.478 e. The second kappa shape index (κ2) is 8.86. The first-order valence-electron chi connectivity index (χ1n) is 8.44. The van der Waals surface area contributed by atoms with Gasteiger partial charge in [0.1, 0.15) is 0 Å². The maximum atomic E-state index is 13.1. The summed E-state index contributed by atoms with van der Waals surface area (Å²) in [6, 6.07) is 10.6. The van der Waals surface area contributed by atoms with E-state index in [-0.39, 0.29) is 27.0 Å². The number of amides is 1. The number of benzene rings is 2. The highest BCUT2D eigenvalue weighted by Crippen LogP contribution is 2.33. The number of alkyl halides is 3. The Morgan fingerprint density at radius 3 is 2.42 bits per heavy atom. The summed E-state index contributed by atoms with van der Waals surface area (Å²) in [5.41, 5.74) is -1.57. The van der Waals surface area contributed by atoms with Crippen molar-refractivity contribution in [3.63, 3.8) is 0 Å². The smallest absolute Gasteiger partial charge is 0.435 e. The Labute approximate surface area is 182 Å². The van der Waals surface area contributed by atoms with Crippen LogP contribution in [0.2, 0.25) is 10.0 Å². The molecule has 12 heteroatoms. The highest BCUT2D eigenvalue weighted by Gasteiger charge is 2.36. The van der Waals surface area contributed by atoms with Gasteiger partial charge in [-0.1, -0.05) is 41.4 Å². The van der Waals surface area contributed by atoms with Crippen LogP contribution in [-0.4, -0.2) is 33.4 Å². The van der Waals surface area contributed by atoms with E-state index in [2.05, 4.69) is 10.4 Å². The van der Waals surface area contributed by atoms with Gasteiger partial charge in [-0.2, -0.15) is 23.0 Å². The Morgan fingerprint density at radius 2 is 1.77 bits per heavy atom. The van der Waals surface area contributed by atoms with Gasteiger partial charge in [-0.25, -0.2) is 4.79 Å². The lowest BCUT2D eigenvalue weighted by Crippen LogP contribution is -2.22. The third-order valence-corrected chi connectivity index (χ3v) is 4.54. The molecule has 0 saturated carbocycles. The van der Waals surface area contributed by atoms with Gasteiger partial charge in [0.2, 0.25) is 5.88 Å². The first kappa shape index (κ1) is 22.4. The number of rotatable bonds is 6. The molecule has 162 valence electrons. The molecule has 0 fully saturated rings.